The molecule has 0 spiro atoms. The van der Waals surface area contributed by atoms with Crippen molar-refractivity contribution in [3.05, 3.63) is 12.2 Å². The van der Waals surface area contributed by atoms with Crippen LogP contribution < -0.4 is 17.2 Å². The van der Waals surface area contributed by atoms with E-state index in [0.717, 1.165) is 0 Å². The van der Waals surface area contributed by atoms with Crippen molar-refractivity contribution in [1.82, 2.24) is 0 Å². The first-order chi connectivity index (χ1) is 6.82. The number of hydrogen-bond acceptors (Lipinski definition) is 4. The highest BCUT2D eigenvalue weighted by Gasteiger charge is 2.08. The van der Waals surface area contributed by atoms with Gasteiger partial charge in [-0.3, -0.25) is 9.59 Å². The van der Waals surface area contributed by atoms with Gasteiger partial charge in [-0.1, -0.05) is 6.58 Å². The van der Waals surface area contributed by atoms with E-state index in [1.54, 1.807) is 6.92 Å². The molecule has 0 aliphatic heterocycles. The topological polar surface area (TPSA) is 132 Å². The molecule has 0 aromatic carbocycles. The second-order valence-corrected chi connectivity index (χ2v) is 3.02. The molecule has 0 saturated carbocycles. The predicted octanol–water partition coefficient (Wildman–Crippen LogP) is -0.815. The highest BCUT2D eigenvalue weighted by Crippen LogP contribution is 1.91. The van der Waals surface area contributed by atoms with Crippen LogP contribution in [0.15, 0.2) is 12.2 Å². The minimum Gasteiger partial charge on any atom is -0.480 e. The van der Waals surface area contributed by atoms with E-state index in [4.69, 9.17) is 22.3 Å². The molecule has 0 aromatic rings. The lowest BCUT2D eigenvalue weighted by molar-refractivity contribution is -0.138. The molecule has 7 N–H and O–H groups in total. The largest absolute Gasteiger partial charge is 0.480 e. The lowest BCUT2D eigenvalue weighted by atomic mass is 10.2. The van der Waals surface area contributed by atoms with Gasteiger partial charge in [0.1, 0.15) is 6.04 Å². The average Bonchev–Trinajstić information content (AvgIpc) is 2.14. The van der Waals surface area contributed by atoms with Crippen molar-refractivity contribution in [3.63, 3.8) is 0 Å². The number of hydrogen-bond donors (Lipinski definition) is 4. The third-order valence-corrected chi connectivity index (χ3v) is 1.46. The summed E-state index contributed by atoms with van der Waals surface area (Å²) in [4.78, 5) is 19.9. The first-order valence-corrected chi connectivity index (χ1v) is 4.46. The molecule has 0 saturated heterocycles. The van der Waals surface area contributed by atoms with Gasteiger partial charge in [0.15, 0.2) is 0 Å². The van der Waals surface area contributed by atoms with E-state index in [1.807, 2.05) is 0 Å². The Hall–Kier alpha value is -1.40. The van der Waals surface area contributed by atoms with Gasteiger partial charge in [-0.2, -0.15) is 0 Å². The molecule has 0 heterocycles. The van der Waals surface area contributed by atoms with Gasteiger partial charge in [-0.25, -0.2) is 0 Å². The van der Waals surface area contributed by atoms with Crippen LogP contribution in [0.3, 0.4) is 0 Å². The average molecular weight is 217 g/mol. The zero-order valence-corrected chi connectivity index (χ0v) is 8.90. The van der Waals surface area contributed by atoms with Crippen LogP contribution in [-0.4, -0.2) is 29.6 Å². The van der Waals surface area contributed by atoms with E-state index in [9.17, 15) is 9.59 Å². The number of carbonyl (C=O) groups is 2. The Bertz CT molecular complexity index is 217. The molecule has 0 aliphatic rings. The maximum Gasteiger partial charge on any atom is 0.320 e. The van der Waals surface area contributed by atoms with Gasteiger partial charge in [0.05, 0.1) is 0 Å². The highest BCUT2D eigenvalue weighted by molar-refractivity contribution is 5.90. The number of carboxylic acid groups (broad SMARTS) is 1. The summed E-state index contributed by atoms with van der Waals surface area (Å²) in [5, 5.41) is 8.24. The SMILES string of the molecule is C=C(C)C(N)=O.NCCCC(N)C(=O)O. The molecule has 0 radical (unpaired) electrons. The number of aliphatic carboxylic acids is 1. The molecule has 0 bridgehead atoms. The maximum atomic E-state index is 10.0. The Morgan fingerprint density at radius 2 is 1.87 bits per heavy atom. The smallest absolute Gasteiger partial charge is 0.320 e. The van der Waals surface area contributed by atoms with Crippen molar-refractivity contribution in [3.8, 4) is 0 Å². The third kappa shape index (κ3) is 12.6. The minimum absolute atomic E-state index is 0.398. The van der Waals surface area contributed by atoms with Crippen LogP contribution in [0.5, 0.6) is 0 Å². The standard InChI is InChI=1S/C5H12N2O2.C4H7NO/c6-3-1-2-4(7)5(8)9;1-3(2)4(5)6/h4H,1-3,6-7H2,(H,8,9);1H2,2H3,(H2,5,6). The zero-order valence-electron chi connectivity index (χ0n) is 8.90. The van der Waals surface area contributed by atoms with E-state index >= 15 is 0 Å². The first kappa shape index (κ1) is 16.0. The fourth-order valence-electron chi connectivity index (χ4n) is 0.461. The third-order valence-electron chi connectivity index (χ3n) is 1.46. The van der Waals surface area contributed by atoms with Crippen LogP contribution in [0.1, 0.15) is 19.8 Å². The number of nitrogens with two attached hydrogens (primary N) is 3. The fraction of sp³-hybridized carbons (Fsp3) is 0.556. The monoisotopic (exact) mass is 217 g/mol. The number of primary amides is 1. The fourth-order valence-corrected chi connectivity index (χ4v) is 0.461. The lowest BCUT2D eigenvalue weighted by Gasteiger charge is -2.02. The highest BCUT2D eigenvalue weighted by atomic mass is 16.4. The van der Waals surface area contributed by atoms with Gasteiger partial charge in [-0.15, -0.1) is 0 Å². The Labute approximate surface area is 89.1 Å². The first-order valence-electron chi connectivity index (χ1n) is 4.46. The van der Waals surface area contributed by atoms with Gasteiger partial charge in [0.25, 0.3) is 0 Å². The molecule has 0 rings (SSSR count). The molecular weight excluding hydrogens is 198 g/mol. The zero-order chi connectivity index (χ0) is 12.4. The molecule has 0 fully saturated rings. The normalized spacial score (nSPS) is 10.9. The summed E-state index contributed by atoms with van der Waals surface area (Å²) >= 11 is 0. The van der Waals surface area contributed by atoms with E-state index in [0.29, 0.717) is 25.0 Å². The van der Waals surface area contributed by atoms with E-state index in [2.05, 4.69) is 6.58 Å². The Kier molecular flexibility index (Phi) is 9.81. The second-order valence-electron chi connectivity index (χ2n) is 3.02. The van der Waals surface area contributed by atoms with Crippen molar-refractivity contribution < 1.29 is 14.7 Å². The van der Waals surface area contributed by atoms with Crippen molar-refractivity contribution in [2.24, 2.45) is 17.2 Å². The van der Waals surface area contributed by atoms with E-state index < -0.39 is 17.9 Å². The molecule has 6 heteroatoms. The molecule has 15 heavy (non-hydrogen) atoms. The molecular formula is C9H19N3O3. The predicted molar refractivity (Wildman–Crippen MR) is 57.9 cm³/mol. The van der Waals surface area contributed by atoms with Crippen LogP contribution in [0.25, 0.3) is 0 Å². The summed E-state index contributed by atoms with van der Waals surface area (Å²) in [7, 11) is 0. The number of carbonyl (C=O) groups excluding carboxylic acids is 1. The summed E-state index contributed by atoms with van der Waals surface area (Å²) in [5.41, 5.74) is 15.4. The van der Waals surface area contributed by atoms with Gasteiger partial charge in [0.2, 0.25) is 5.91 Å². The minimum atomic E-state index is -0.955. The van der Waals surface area contributed by atoms with Gasteiger partial charge < -0.3 is 22.3 Å². The summed E-state index contributed by atoms with van der Waals surface area (Å²) in [5.74, 6) is -1.39. The van der Waals surface area contributed by atoms with Gasteiger partial charge in [-0.05, 0) is 26.3 Å². The molecule has 1 unspecified atom stereocenters. The summed E-state index contributed by atoms with van der Waals surface area (Å²) < 4.78 is 0. The second kappa shape index (κ2) is 9.17. The molecule has 0 aliphatic carbocycles. The van der Waals surface area contributed by atoms with Crippen LogP contribution in [0, 0.1) is 0 Å². The van der Waals surface area contributed by atoms with Crippen LogP contribution in [0.4, 0.5) is 0 Å². The van der Waals surface area contributed by atoms with E-state index in [-0.39, 0.29) is 0 Å². The number of amides is 1. The maximum absolute atomic E-state index is 10.0. The van der Waals surface area contributed by atoms with Crippen molar-refractivity contribution in [1.29, 1.82) is 0 Å². The van der Waals surface area contributed by atoms with Crippen LogP contribution in [0.2, 0.25) is 0 Å². The van der Waals surface area contributed by atoms with Gasteiger partial charge in [0, 0.05) is 5.57 Å². The molecule has 6 nitrogen and oxygen atoms in total. The molecule has 0 aromatic heterocycles. The quantitative estimate of drug-likeness (QED) is 0.447. The van der Waals surface area contributed by atoms with Crippen LogP contribution >= 0.6 is 0 Å². The summed E-state index contributed by atoms with van der Waals surface area (Å²) in [6.45, 7) is 5.35. The van der Waals surface area contributed by atoms with Crippen LogP contribution in [-0.2, 0) is 9.59 Å². The molecule has 88 valence electrons. The van der Waals surface area contributed by atoms with Crippen molar-refractivity contribution in [2.75, 3.05) is 6.54 Å². The Morgan fingerprint density at radius 3 is 2.07 bits per heavy atom. The van der Waals surface area contributed by atoms with Crippen molar-refractivity contribution in [2.45, 2.75) is 25.8 Å². The Balaban J connectivity index is 0. The van der Waals surface area contributed by atoms with Gasteiger partial charge >= 0.3 is 5.97 Å². The summed E-state index contributed by atoms with van der Waals surface area (Å²) in [6, 6.07) is -0.742. The number of carboxylic acids is 1. The lowest BCUT2D eigenvalue weighted by Crippen LogP contribution is -2.30. The Morgan fingerprint density at radius 1 is 1.47 bits per heavy atom. The molecule has 1 amide bonds. The molecule has 1 atom stereocenters. The van der Waals surface area contributed by atoms with Crippen molar-refractivity contribution >= 4 is 11.9 Å². The van der Waals surface area contributed by atoms with E-state index in [1.165, 1.54) is 0 Å². The number of rotatable bonds is 5. The summed E-state index contributed by atoms with van der Waals surface area (Å²) in [6.07, 6.45) is 1.14.